The lowest BCUT2D eigenvalue weighted by molar-refractivity contribution is 0.228. The van der Waals surface area contributed by atoms with Crippen LogP contribution in [0.4, 0.5) is 0 Å². The summed E-state index contributed by atoms with van der Waals surface area (Å²) in [7, 11) is -3.30. The van der Waals surface area contributed by atoms with E-state index in [1.165, 1.54) is 0 Å². The monoisotopic (exact) mass is 186 g/mol. The van der Waals surface area contributed by atoms with Gasteiger partial charge in [-0.1, -0.05) is 0 Å². The van der Waals surface area contributed by atoms with Crippen LogP contribution in [-0.2, 0) is 14.3 Å². The van der Waals surface area contributed by atoms with Gasteiger partial charge in [-0.05, 0) is 13.3 Å². The third-order valence-electron chi connectivity index (χ3n) is 0.855. The minimum absolute atomic E-state index is 0.313. The molecule has 0 spiro atoms. The lowest BCUT2D eigenvalue weighted by atomic mass is 10.3. The van der Waals surface area contributed by atoms with Crippen LogP contribution in [0.3, 0.4) is 0 Å². The van der Waals surface area contributed by atoms with Crippen molar-refractivity contribution in [3.8, 4) is 0 Å². The molecule has 0 rings (SSSR count). The first kappa shape index (κ1) is 10.2. The Labute approximate surface area is 66.5 Å². The summed E-state index contributed by atoms with van der Waals surface area (Å²) in [5, 5.41) is 0. The van der Waals surface area contributed by atoms with E-state index < -0.39 is 10.1 Å². The van der Waals surface area contributed by atoms with E-state index in [1.807, 2.05) is 0 Å². The Morgan fingerprint density at radius 1 is 1.60 bits per heavy atom. The predicted molar refractivity (Wildman–Crippen MR) is 40.7 cm³/mol. The van der Waals surface area contributed by atoms with Gasteiger partial charge in [-0.3, -0.25) is 4.18 Å². The summed E-state index contributed by atoms with van der Waals surface area (Å²) in [6, 6.07) is 0. The van der Waals surface area contributed by atoms with Gasteiger partial charge in [-0.25, -0.2) is 0 Å². The number of hydrogen-bond donors (Lipinski definition) is 0. The predicted octanol–water partition coefficient (Wildman–Crippen LogP) is 0.980. The largest absolute Gasteiger partial charge is 0.267 e. The molecule has 3 nitrogen and oxygen atoms in total. The van der Waals surface area contributed by atoms with E-state index >= 15 is 0 Å². The molecule has 0 aliphatic carbocycles. The van der Waals surface area contributed by atoms with E-state index in [2.05, 4.69) is 4.18 Å². The van der Waals surface area contributed by atoms with Crippen molar-refractivity contribution in [2.75, 3.05) is 12.1 Å². The minimum Gasteiger partial charge on any atom is -0.267 e. The molecule has 0 amide bonds. The maximum absolute atomic E-state index is 10.5. The van der Waals surface area contributed by atoms with E-state index in [4.69, 9.17) is 11.6 Å². The Hall–Kier alpha value is 0.200. The van der Waals surface area contributed by atoms with Crippen molar-refractivity contribution in [2.24, 2.45) is 0 Å². The van der Waals surface area contributed by atoms with Crippen molar-refractivity contribution in [1.29, 1.82) is 0 Å². The van der Waals surface area contributed by atoms with Crippen LogP contribution < -0.4 is 0 Å². The molecule has 0 N–H and O–H groups in total. The highest BCUT2D eigenvalue weighted by Gasteiger charge is 2.08. The Balaban J connectivity index is 3.69. The molecule has 0 fully saturated rings. The van der Waals surface area contributed by atoms with Gasteiger partial charge in [-0.2, -0.15) is 8.42 Å². The van der Waals surface area contributed by atoms with Crippen molar-refractivity contribution < 1.29 is 12.6 Å². The first-order valence-corrected chi connectivity index (χ1v) is 5.25. The second-order valence-electron chi connectivity index (χ2n) is 2.09. The standard InChI is InChI=1S/C5H11ClO3S/c1-5(3-4-6)9-10(2,7)8/h5H,3-4H2,1-2H3. The summed E-state index contributed by atoms with van der Waals surface area (Å²) in [6.45, 7) is 1.67. The fourth-order valence-electron chi connectivity index (χ4n) is 0.500. The third-order valence-corrected chi connectivity index (χ3v) is 1.75. The van der Waals surface area contributed by atoms with Gasteiger partial charge in [0.05, 0.1) is 12.4 Å². The van der Waals surface area contributed by atoms with Crippen molar-refractivity contribution in [2.45, 2.75) is 19.4 Å². The molecule has 0 heterocycles. The van der Waals surface area contributed by atoms with Crippen molar-refractivity contribution >= 4 is 21.7 Å². The fraction of sp³-hybridized carbons (Fsp3) is 1.00. The quantitative estimate of drug-likeness (QED) is 0.486. The zero-order chi connectivity index (χ0) is 8.20. The lowest BCUT2D eigenvalue weighted by Gasteiger charge is -2.07. The molecule has 10 heavy (non-hydrogen) atoms. The summed E-state index contributed by atoms with van der Waals surface area (Å²) in [6.07, 6.45) is 1.26. The van der Waals surface area contributed by atoms with E-state index in [0.717, 1.165) is 6.26 Å². The summed E-state index contributed by atoms with van der Waals surface area (Å²) in [5.74, 6) is 0.413. The van der Waals surface area contributed by atoms with E-state index in [-0.39, 0.29) is 6.10 Å². The summed E-state index contributed by atoms with van der Waals surface area (Å²) < 4.78 is 25.5. The van der Waals surface area contributed by atoms with Crippen LogP contribution in [-0.4, -0.2) is 26.7 Å². The van der Waals surface area contributed by atoms with Gasteiger partial charge in [0.1, 0.15) is 0 Å². The van der Waals surface area contributed by atoms with Crippen molar-refractivity contribution in [3.05, 3.63) is 0 Å². The zero-order valence-corrected chi connectivity index (χ0v) is 7.57. The molecule has 0 aromatic heterocycles. The van der Waals surface area contributed by atoms with Gasteiger partial charge in [0.2, 0.25) is 0 Å². The fourth-order valence-corrected chi connectivity index (χ4v) is 1.50. The van der Waals surface area contributed by atoms with Gasteiger partial charge in [0, 0.05) is 5.88 Å². The molecule has 62 valence electrons. The first-order valence-electron chi connectivity index (χ1n) is 2.90. The third kappa shape index (κ3) is 6.32. The molecule has 0 radical (unpaired) electrons. The maximum Gasteiger partial charge on any atom is 0.264 e. The van der Waals surface area contributed by atoms with Gasteiger partial charge in [0.25, 0.3) is 10.1 Å². The highest BCUT2D eigenvalue weighted by Crippen LogP contribution is 2.02. The van der Waals surface area contributed by atoms with Crippen LogP contribution in [0.25, 0.3) is 0 Å². The van der Waals surface area contributed by atoms with Crippen LogP contribution in [0.15, 0.2) is 0 Å². The number of hydrogen-bond acceptors (Lipinski definition) is 3. The molecule has 0 bridgehead atoms. The average Bonchev–Trinajstić information content (AvgIpc) is 1.59. The molecular weight excluding hydrogens is 176 g/mol. The Bertz CT molecular complexity index is 175. The number of rotatable bonds is 4. The van der Waals surface area contributed by atoms with Crippen LogP contribution in [0, 0.1) is 0 Å². The van der Waals surface area contributed by atoms with Crippen molar-refractivity contribution in [1.82, 2.24) is 0 Å². The van der Waals surface area contributed by atoms with Gasteiger partial charge in [0.15, 0.2) is 0 Å². The molecular formula is C5H11ClO3S. The normalized spacial score (nSPS) is 15.1. The second-order valence-corrected chi connectivity index (χ2v) is 4.07. The van der Waals surface area contributed by atoms with Crippen LogP contribution in [0.2, 0.25) is 0 Å². The van der Waals surface area contributed by atoms with Crippen molar-refractivity contribution in [3.63, 3.8) is 0 Å². The molecule has 1 unspecified atom stereocenters. The minimum atomic E-state index is -3.30. The first-order chi connectivity index (χ1) is 4.45. The highest BCUT2D eigenvalue weighted by atomic mass is 35.5. The van der Waals surface area contributed by atoms with E-state index in [1.54, 1.807) is 6.92 Å². The summed E-state index contributed by atoms with van der Waals surface area (Å²) in [5.41, 5.74) is 0. The molecule has 5 heteroatoms. The van der Waals surface area contributed by atoms with Crippen LogP contribution in [0.5, 0.6) is 0 Å². The zero-order valence-electron chi connectivity index (χ0n) is 6.00. The molecule has 0 aromatic carbocycles. The number of halogens is 1. The Kier molecular flexibility index (Phi) is 4.24. The molecule has 1 atom stereocenters. The van der Waals surface area contributed by atoms with Crippen LogP contribution in [0.1, 0.15) is 13.3 Å². The maximum atomic E-state index is 10.5. The van der Waals surface area contributed by atoms with Gasteiger partial charge in [-0.15, -0.1) is 11.6 Å². The average molecular weight is 187 g/mol. The second kappa shape index (κ2) is 4.16. The van der Waals surface area contributed by atoms with Gasteiger partial charge < -0.3 is 0 Å². The van der Waals surface area contributed by atoms with E-state index in [0.29, 0.717) is 12.3 Å². The Morgan fingerprint density at radius 2 is 2.10 bits per heavy atom. The molecule has 0 saturated carbocycles. The molecule has 0 aliphatic rings. The van der Waals surface area contributed by atoms with Gasteiger partial charge >= 0.3 is 0 Å². The summed E-state index contributed by atoms with van der Waals surface area (Å²) in [4.78, 5) is 0. The highest BCUT2D eigenvalue weighted by molar-refractivity contribution is 7.86. The topological polar surface area (TPSA) is 43.4 Å². The van der Waals surface area contributed by atoms with E-state index in [9.17, 15) is 8.42 Å². The summed E-state index contributed by atoms with van der Waals surface area (Å²) >= 11 is 5.35. The molecule has 0 saturated heterocycles. The van der Waals surface area contributed by atoms with Crippen LogP contribution >= 0.6 is 11.6 Å². The Morgan fingerprint density at radius 3 is 2.40 bits per heavy atom. The smallest absolute Gasteiger partial charge is 0.264 e. The lowest BCUT2D eigenvalue weighted by Crippen LogP contribution is -2.14. The molecule has 0 aliphatic heterocycles. The molecule has 0 aromatic rings. The SMILES string of the molecule is CC(CCCl)OS(C)(=O)=O. The number of alkyl halides is 1.